The first-order chi connectivity index (χ1) is 6.06. The molecule has 0 bridgehead atoms. The van der Waals surface area contributed by atoms with E-state index in [2.05, 4.69) is 0 Å². The van der Waals surface area contributed by atoms with Gasteiger partial charge in [-0.1, -0.05) is 0 Å². The van der Waals surface area contributed by atoms with Gasteiger partial charge in [-0.25, -0.2) is 13.2 Å². The van der Waals surface area contributed by atoms with E-state index in [9.17, 15) is 13.2 Å². The van der Waals surface area contributed by atoms with Gasteiger partial charge >= 0.3 is 7.12 Å². The number of hydrogen-bond acceptors (Lipinski definition) is 2. The van der Waals surface area contributed by atoms with Crippen molar-refractivity contribution in [2.24, 2.45) is 0 Å². The molecule has 0 spiro atoms. The van der Waals surface area contributed by atoms with Crippen LogP contribution >= 0.6 is 0 Å². The van der Waals surface area contributed by atoms with Crippen LogP contribution in [0.4, 0.5) is 13.2 Å². The molecular formula is C7H6BF3O2. The summed E-state index contributed by atoms with van der Waals surface area (Å²) in [5.41, 5.74) is -1.04. The fourth-order valence-corrected chi connectivity index (χ4v) is 0.899. The summed E-state index contributed by atoms with van der Waals surface area (Å²) in [6.07, 6.45) is 0. The fraction of sp³-hybridized carbons (Fsp3) is 0.143. The van der Waals surface area contributed by atoms with Crippen LogP contribution in [0.5, 0.6) is 0 Å². The van der Waals surface area contributed by atoms with E-state index in [0.29, 0.717) is 12.1 Å². The third-order valence-corrected chi connectivity index (χ3v) is 1.60. The van der Waals surface area contributed by atoms with Gasteiger partial charge in [0.15, 0.2) is 0 Å². The molecule has 0 unspecified atom stereocenters. The largest absolute Gasteiger partial charge is 0.488 e. The van der Waals surface area contributed by atoms with Gasteiger partial charge in [0.05, 0.1) is 5.56 Å². The molecular weight excluding hydrogens is 184 g/mol. The summed E-state index contributed by atoms with van der Waals surface area (Å²) in [5.74, 6) is -2.24. The summed E-state index contributed by atoms with van der Waals surface area (Å²) in [6, 6.07) is 1.37. The summed E-state index contributed by atoms with van der Waals surface area (Å²) in [6.45, 7) is -1.26. The third-order valence-electron chi connectivity index (χ3n) is 1.60. The van der Waals surface area contributed by atoms with Crippen molar-refractivity contribution in [3.05, 3.63) is 29.3 Å². The van der Waals surface area contributed by atoms with Crippen molar-refractivity contribution in [1.29, 1.82) is 0 Å². The predicted molar refractivity (Wildman–Crippen MR) is 41.0 cm³/mol. The lowest BCUT2D eigenvalue weighted by atomic mass is 9.80. The molecule has 0 aromatic heterocycles. The average molecular weight is 190 g/mol. The Morgan fingerprint density at radius 3 is 1.92 bits per heavy atom. The molecule has 2 N–H and O–H groups in total. The minimum absolute atomic E-state index is 0.341. The molecule has 1 aromatic rings. The van der Waals surface area contributed by atoms with Crippen LogP contribution in [0.3, 0.4) is 0 Å². The van der Waals surface area contributed by atoms with E-state index in [1.165, 1.54) is 0 Å². The SMILES string of the molecule is OB(O)c1cc(F)c(CF)c(F)c1. The number of benzene rings is 1. The highest BCUT2D eigenvalue weighted by atomic mass is 19.1. The monoisotopic (exact) mass is 190 g/mol. The standard InChI is InChI=1S/C7H6BF3O2/c9-3-5-6(10)1-4(8(12)13)2-7(5)11/h1-2,12-13H,3H2. The summed E-state index contributed by atoms with van der Waals surface area (Å²) in [5, 5.41) is 17.1. The maximum Gasteiger partial charge on any atom is 0.488 e. The van der Waals surface area contributed by atoms with Crippen LogP contribution in [-0.4, -0.2) is 17.2 Å². The van der Waals surface area contributed by atoms with Crippen molar-refractivity contribution in [2.75, 3.05) is 0 Å². The number of alkyl halides is 1. The van der Waals surface area contributed by atoms with Gasteiger partial charge in [0.25, 0.3) is 0 Å². The van der Waals surface area contributed by atoms with Crippen molar-refractivity contribution in [3.63, 3.8) is 0 Å². The Morgan fingerprint density at radius 1 is 1.15 bits per heavy atom. The maximum atomic E-state index is 12.8. The van der Waals surface area contributed by atoms with Gasteiger partial charge in [0.1, 0.15) is 18.3 Å². The quantitative estimate of drug-likeness (QED) is 0.650. The molecule has 13 heavy (non-hydrogen) atoms. The molecule has 1 rings (SSSR count). The molecule has 2 nitrogen and oxygen atoms in total. The van der Waals surface area contributed by atoms with Crippen molar-refractivity contribution < 1.29 is 23.2 Å². The molecule has 0 fully saturated rings. The molecule has 0 aliphatic heterocycles. The lowest BCUT2D eigenvalue weighted by molar-refractivity contribution is 0.421. The first-order valence-electron chi connectivity index (χ1n) is 3.46. The zero-order chi connectivity index (χ0) is 10.0. The predicted octanol–water partition coefficient (Wildman–Crippen LogP) is 0.114. The average Bonchev–Trinajstić information content (AvgIpc) is 2.03. The molecule has 0 radical (unpaired) electrons. The second-order valence-corrected chi connectivity index (χ2v) is 2.47. The Bertz CT molecular complexity index is 294. The molecule has 1 aromatic carbocycles. The molecule has 0 amide bonds. The van der Waals surface area contributed by atoms with E-state index in [0.717, 1.165) is 0 Å². The first-order valence-corrected chi connectivity index (χ1v) is 3.46. The first kappa shape index (κ1) is 10.1. The maximum absolute atomic E-state index is 12.8. The number of hydrogen-bond donors (Lipinski definition) is 2. The van der Waals surface area contributed by atoms with Crippen LogP contribution < -0.4 is 5.46 Å². The lowest BCUT2D eigenvalue weighted by Gasteiger charge is -2.03. The molecule has 0 saturated carbocycles. The van der Waals surface area contributed by atoms with E-state index in [1.807, 2.05) is 0 Å². The van der Waals surface area contributed by atoms with Gasteiger partial charge in [-0.2, -0.15) is 0 Å². The molecule has 0 aliphatic rings. The van der Waals surface area contributed by atoms with Crippen molar-refractivity contribution in [3.8, 4) is 0 Å². The molecule has 0 saturated heterocycles. The van der Waals surface area contributed by atoms with Crippen LogP contribution in [-0.2, 0) is 6.67 Å². The molecule has 70 valence electrons. The molecule has 0 aliphatic carbocycles. The number of halogens is 3. The Morgan fingerprint density at radius 2 is 1.62 bits per heavy atom. The summed E-state index contributed by atoms with van der Waals surface area (Å²) < 4.78 is 37.5. The number of rotatable bonds is 2. The van der Waals surface area contributed by atoms with Crippen molar-refractivity contribution in [2.45, 2.75) is 6.67 Å². The van der Waals surface area contributed by atoms with Gasteiger partial charge in [0.2, 0.25) is 0 Å². The van der Waals surface area contributed by atoms with Crippen LogP contribution in [0.1, 0.15) is 5.56 Å². The Labute approximate surface area is 72.8 Å². The topological polar surface area (TPSA) is 40.5 Å². The van der Waals surface area contributed by atoms with Crippen molar-refractivity contribution >= 4 is 12.6 Å². The van der Waals surface area contributed by atoms with E-state index in [4.69, 9.17) is 10.0 Å². The van der Waals surface area contributed by atoms with E-state index in [-0.39, 0.29) is 5.46 Å². The fourth-order valence-electron chi connectivity index (χ4n) is 0.899. The van der Waals surface area contributed by atoms with E-state index in [1.54, 1.807) is 0 Å². The summed E-state index contributed by atoms with van der Waals surface area (Å²) >= 11 is 0. The second kappa shape index (κ2) is 3.80. The highest BCUT2D eigenvalue weighted by Gasteiger charge is 2.17. The van der Waals surface area contributed by atoms with E-state index < -0.39 is 31.0 Å². The van der Waals surface area contributed by atoms with Crippen LogP contribution in [0.25, 0.3) is 0 Å². The normalized spacial score (nSPS) is 10.2. The lowest BCUT2D eigenvalue weighted by Crippen LogP contribution is -2.31. The van der Waals surface area contributed by atoms with Gasteiger partial charge in [-0.15, -0.1) is 0 Å². The van der Waals surface area contributed by atoms with Gasteiger partial charge in [-0.05, 0) is 17.6 Å². The Balaban J connectivity index is 3.20. The molecule has 0 atom stereocenters. The zero-order valence-corrected chi connectivity index (χ0v) is 6.47. The van der Waals surface area contributed by atoms with Gasteiger partial charge < -0.3 is 10.0 Å². The van der Waals surface area contributed by atoms with Gasteiger partial charge in [0, 0.05) is 0 Å². The van der Waals surface area contributed by atoms with Crippen LogP contribution in [0.2, 0.25) is 0 Å². The van der Waals surface area contributed by atoms with Crippen LogP contribution in [0.15, 0.2) is 12.1 Å². The Hall–Kier alpha value is -1.01. The van der Waals surface area contributed by atoms with Gasteiger partial charge in [-0.3, -0.25) is 0 Å². The zero-order valence-electron chi connectivity index (χ0n) is 6.47. The third kappa shape index (κ3) is 2.02. The van der Waals surface area contributed by atoms with Crippen molar-refractivity contribution in [1.82, 2.24) is 0 Å². The Kier molecular flexibility index (Phi) is 2.95. The molecule has 6 heteroatoms. The summed E-state index contributed by atoms with van der Waals surface area (Å²) in [4.78, 5) is 0. The minimum atomic E-state index is -1.96. The highest BCUT2D eigenvalue weighted by Crippen LogP contribution is 2.11. The minimum Gasteiger partial charge on any atom is -0.423 e. The smallest absolute Gasteiger partial charge is 0.423 e. The second-order valence-electron chi connectivity index (χ2n) is 2.47. The van der Waals surface area contributed by atoms with E-state index >= 15 is 0 Å². The highest BCUT2D eigenvalue weighted by molar-refractivity contribution is 6.58. The molecule has 0 heterocycles. The summed E-state index contributed by atoms with van der Waals surface area (Å²) in [7, 11) is -1.96. The van der Waals surface area contributed by atoms with Crippen LogP contribution in [0, 0.1) is 11.6 Å².